The third kappa shape index (κ3) is 11.1. The predicted molar refractivity (Wildman–Crippen MR) is 121 cm³/mol. The Morgan fingerprint density at radius 1 is 0.714 bits per heavy atom. The molecule has 1 aromatic carbocycles. The largest absolute Gasteiger partial charge is 0.480 e. The molecule has 0 radical (unpaired) electrons. The number of carbonyl (C=O) groups is 5. The van der Waals surface area contributed by atoms with Gasteiger partial charge in [0, 0.05) is 31.0 Å². The van der Waals surface area contributed by atoms with Crippen molar-refractivity contribution in [2.24, 2.45) is 5.73 Å². The number of hydrogen-bond acceptors (Lipinski definition) is 10. The van der Waals surface area contributed by atoms with E-state index < -0.39 is 68.7 Å². The second kappa shape index (κ2) is 14.3. The van der Waals surface area contributed by atoms with Gasteiger partial charge in [0.15, 0.2) is 0 Å². The molecule has 0 heterocycles. The van der Waals surface area contributed by atoms with Crippen molar-refractivity contribution in [1.29, 1.82) is 0 Å². The van der Waals surface area contributed by atoms with E-state index in [4.69, 9.17) is 26.2 Å². The zero-order valence-electron chi connectivity index (χ0n) is 18.7. The Labute approximate surface area is 199 Å². The summed E-state index contributed by atoms with van der Waals surface area (Å²) in [6.07, 6.45) is -0.867. The minimum absolute atomic E-state index is 0.160. The molecule has 0 aliphatic heterocycles. The number of rotatable bonds is 18. The van der Waals surface area contributed by atoms with Crippen molar-refractivity contribution in [3.05, 3.63) is 24.3 Å². The van der Waals surface area contributed by atoms with E-state index in [2.05, 4.69) is 5.32 Å². The molecular weight excluding hydrogens is 470 g/mol. The molecule has 0 amide bonds. The summed E-state index contributed by atoms with van der Waals surface area (Å²) in [6, 6.07) is 5.74. The van der Waals surface area contributed by atoms with Crippen LogP contribution in [0.2, 0.25) is 0 Å². The highest BCUT2D eigenvalue weighted by molar-refractivity contribution is 5.80. The van der Waals surface area contributed by atoms with Crippen molar-refractivity contribution in [2.75, 3.05) is 62.2 Å². The Morgan fingerprint density at radius 2 is 1.14 bits per heavy atom. The summed E-state index contributed by atoms with van der Waals surface area (Å²) in [5.74, 6) is -6.25. The fourth-order valence-corrected chi connectivity index (χ4v) is 3.28. The van der Waals surface area contributed by atoms with Crippen molar-refractivity contribution < 1.29 is 49.5 Å². The lowest BCUT2D eigenvalue weighted by Gasteiger charge is -2.36. The molecular formula is C20H29N5O10. The summed E-state index contributed by atoms with van der Waals surface area (Å²) in [4.78, 5) is 59.7. The van der Waals surface area contributed by atoms with Crippen LogP contribution in [0.3, 0.4) is 0 Å². The van der Waals surface area contributed by atoms with Gasteiger partial charge >= 0.3 is 29.8 Å². The average Bonchev–Trinajstić information content (AvgIpc) is 2.73. The van der Waals surface area contributed by atoms with Crippen LogP contribution in [0.25, 0.3) is 0 Å². The summed E-state index contributed by atoms with van der Waals surface area (Å²) in [6.45, 7) is -2.74. The van der Waals surface area contributed by atoms with Crippen LogP contribution < -0.4 is 20.9 Å². The summed E-state index contributed by atoms with van der Waals surface area (Å²) < 4.78 is 0. The third-order valence-corrected chi connectivity index (χ3v) is 4.55. The standard InChI is InChI=1S/C20H29N5O10/c21-5-6-22-15(7-23(8-16(26)27)9-17(28)29)25(12-20(34)35)14-3-1-13(2-4-14)24(10-18(30)31)11-19(32)33/h1-4,15,22H,5-12,21H2,(H,26,27)(H,28,29)(H,30,31)(H,32,33)(H,34,35). The first kappa shape index (κ1) is 29.1. The summed E-state index contributed by atoms with van der Waals surface area (Å²) in [5.41, 5.74) is 6.13. The van der Waals surface area contributed by atoms with Gasteiger partial charge in [-0.1, -0.05) is 0 Å². The van der Waals surface area contributed by atoms with Crippen molar-refractivity contribution >= 4 is 41.2 Å². The predicted octanol–water partition coefficient (Wildman–Crippen LogP) is -2.10. The average molecular weight is 499 g/mol. The molecule has 1 atom stereocenters. The van der Waals surface area contributed by atoms with Crippen LogP contribution >= 0.6 is 0 Å². The van der Waals surface area contributed by atoms with Gasteiger partial charge in [-0.25, -0.2) is 0 Å². The van der Waals surface area contributed by atoms with Gasteiger partial charge in [-0.05, 0) is 24.3 Å². The summed E-state index contributed by atoms with van der Waals surface area (Å²) >= 11 is 0. The molecule has 1 aromatic rings. The maximum atomic E-state index is 11.6. The maximum Gasteiger partial charge on any atom is 0.323 e. The van der Waals surface area contributed by atoms with Gasteiger partial charge in [0.05, 0.1) is 19.3 Å². The lowest BCUT2D eigenvalue weighted by atomic mass is 10.2. The minimum Gasteiger partial charge on any atom is -0.480 e. The van der Waals surface area contributed by atoms with Gasteiger partial charge in [-0.15, -0.1) is 0 Å². The fraction of sp³-hybridized carbons (Fsp3) is 0.450. The van der Waals surface area contributed by atoms with Gasteiger partial charge in [0.25, 0.3) is 0 Å². The highest BCUT2D eigenvalue weighted by Crippen LogP contribution is 2.22. The van der Waals surface area contributed by atoms with E-state index in [0.29, 0.717) is 5.69 Å². The van der Waals surface area contributed by atoms with Crippen LogP contribution in [0.4, 0.5) is 11.4 Å². The maximum absolute atomic E-state index is 11.6. The van der Waals surface area contributed by atoms with E-state index in [1.54, 1.807) is 0 Å². The van der Waals surface area contributed by atoms with Crippen molar-refractivity contribution in [3.8, 4) is 0 Å². The monoisotopic (exact) mass is 499 g/mol. The van der Waals surface area contributed by atoms with E-state index in [1.165, 1.54) is 29.2 Å². The van der Waals surface area contributed by atoms with E-state index in [0.717, 1.165) is 9.80 Å². The molecule has 1 rings (SSSR count). The number of anilines is 2. The van der Waals surface area contributed by atoms with Gasteiger partial charge in [0.1, 0.15) is 19.6 Å². The normalized spacial score (nSPS) is 11.6. The number of nitrogens with one attached hydrogen (secondary N) is 1. The summed E-state index contributed by atoms with van der Waals surface area (Å²) in [7, 11) is 0. The molecule has 0 saturated heterocycles. The van der Waals surface area contributed by atoms with Gasteiger partial charge in [-0.2, -0.15) is 0 Å². The number of hydrogen-bond donors (Lipinski definition) is 7. The second-order valence-electron chi connectivity index (χ2n) is 7.40. The Kier molecular flexibility index (Phi) is 11.9. The molecule has 0 saturated carbocycles. The molecule has 1 unspecified atom stereocenters. The molecule has 0 bridgehead atoms. The Hall–Kier alpha value is -3.95. The van der Waals surface area contributed by atoms with Crippen molar-refractivity contribution in [2.45, 2.75) is 6.17 Å². The zero-order chi connectivity index (χ0) is 26.5. The molecule has 0 spiro atoms. The third-order valence-electron chi connectivity index (χ3n) is 4.55. The van der Waals surface area contributed by atoms with Gasteiger partial charge in [0.2, 0.25) is 0 Å². The first-order valence-electron chi connectivity index (χ1n) is 10.3. The first-order chi connectivity index (χ1) is 16.4. The minimum atomic E-state index is -1.27. The molecule has 15 heteroatoms. The Balaban J connectivity index is 3.32. The number of aliphatic carboxylic acids is 5. The molecule has 8 N–H and O–H groups in total. The van der Waals surface area contributed by atoms with E-state index >= 15 is 0 Å². The van der Waals surface area contributed by atoms with Gasteiger partial charge in [-0.3, -0.25) is 34.2 Å². The second-order valence-corrected chi connectivity index (χ2v) is 7.40. The van der Waals surface area contributed by atoms with Crippen LogP contribution in [-0.4, -0.2) is 119 Å². The molecule has 194 valence electrons. The van der Waals surface area contributed by atoms with Crippen molar-refractivity contribution in [1.82, 2.24) is 10.2 Å². The van der Waals surface area contributed by atoms with Crippen LogP contribution in [0.1, 0.15) is 0 Å². The van der Waals surface area contributed by atoms with Gasteiger partial charge < -0.3 is 41.1 Å². The van der Waals surface area contributed by atoms with Crippen LogP contribution in [-0.2, 0) is 24.0 Å². The number of carboxylic acid groups (broad SMARTS) is 5. The molecule has 35 heavy (non-hydrogen) atoms. The number of benzene rings is 1. The van der Waals surface area contributed by atoms with E-state index in [-0.39, 0.29) is 25.3 Å². The van der Waals surface area contributed by atoms with E-state index in [1.807, 2.05) is 0 Å². The first-order valence-corrected chi connectivity index (χ1v) is 10.3. The zero-order valence-corrected chi connectivity index (χ0v) is 18.7. The van der Waals surface area contributed by atoms with Crippen molar-refractivity contribution in [3.63, 3.8) is 0 Å². The number of nitrogens with two attached hydrogens (primary N) is 1. The molecule has 0 aliphatic rings. The van der Waals surface area contributed by atoms with Crippen LogP contribution in [0.5, 0.6) is 0 Å². The lowest BCUT2D eigenvalue weighted by Crippen LogP contribution is -2.56. The SMILES string of the molecule is NCCNC(CN(CC(=O)O)CC(=O)O)N(CC(=O)O)c1ccc(N(CC(=O)O)CC(=O)O)cc1. The molecule has 0 fully saturated rings. The highest BCUT2D eigenvalue weighted by Gasteiger charge is 2.26. The van der Waals surface area contributed by atoms with Crippen LogP contribution in [0.15, 0.2) is 24.3 Å². The van der Waals surface area contributed by atoms with E-state index in [9.17, 15) is 29.1 Å². The smallest absolute Gasteiger partial charge is 0.323 e. The quantitative estimate of drug-likeness (QED) is 0.107. The summed E-state index contributed by atoms with van der Waals surface area (Å²) in [5, 5.41) is 48.8. The fourth-order valence-electron chi connectivity index (χ4n) is 3.28. The lowest BCUT2D eigenvalue weighted by molar-refractivity contribution is -0.142. The topological polar surface area (TPSA) is 234 Å². The molecule has 15 nitrogen and oxygen atoms in total. The Morgan fingerprint density at radius 3 is 1.54 bits per heavy atom. The van der Waals surface area contributed by atoms with Crippen LogP contribution in [0, 0.1) is 0 Å². The number of nitrogens with zero attached hydrogens (tertiary/aromatic N) is 3. The highest BCUT2D eigenvalue weighted by atomic mass is 16.4. The molecule has 0 aliphatic carbocycles. The Bertz CT molecular complexity index is 863. The number of carboxylic acids is 5. The molecule has 0 aromatic heterocycles.